The SMILES string of the molecule is CC(C)CN(C(=O)/C=C/c1ccc(N)cc1)C1CC1. The molecular weight excluding hydrogens is 236 g/mol. The molecule has 1 fully saturated rings. The molecule has 1 aromatic carbocycles. The first-order valence-electron chi connectivity index (χ1n) is 6.90. The van der Waals surface area contributed by atoms with Gasteiger partial charge in [0, 0.05) is 24.4 Å². The van der Waals surface area contributed by atoms with Crippen molar-refractivity contribution < 1.29 is 4.79 Å². The number of nitrogens with zero attached hydrogens (tertiary/aromatic N) is 1. The van der Waals surface area contributed by atoms with Crippen LogP contribution in [0.1, 0.15) is 32.3 Å². The largest absolute Gasteiger partial charge is 0.399 e. The smallest absolute Gasteiger partial charge is 0.246 e. The molecule has 0 spiro atoms. The molecule has 102 valence electrons. The molecule has 0 saturated heterocycles. The van der Waals surface area contributed by atoms with Crippen LogP contribution in [0.4, 0.5) is 5.69 Å². The van der Waals surface area contributed by atoms with Crippen molar-refractivity contribution in [1.29, 1.82) is 0 Å². The maximum Gasteiger partial charge on any atom is 0.246 e. The van der Waals surface area contributed by atoms with E-state index in [1.807, 2.05) is 35.2 Å². The third-order valence-corrected chi connectivity index (χ3v) is 3.19. The summed E-state index contributed by atoms with van der Waals surface area (Å²) in [5, 5.41) is 0. The van der Waals surface area contributed by atoms with E-state index in [1.165, 1.54) is 0 Å². The summed E-state index contributed by atoms with van der Waals surface area (Å²) in [6.45, 7) is 5.13. The van der Waals surface area contributed by atoms with Crippen molar-refractivity contribution >= 4 is 17.7 Å². The van der Waals surface area contributed by atoms with E-state index >= 15 is 0 Å². The van der Waals surface area contributed by atoms with Crippen LogP contribution in [0.5, 0.6) is 0 Å². The molecule has 2 N–H and O–H groups in total. The Morgan fingerprint density at radius 1 is 1.37 bits per heavy atom. The Kier molecular flexibility index (Phi) is 4.25. The fraction of sp³-hybridized carbons (Fsp3) is 0.438. The monoisotopic (exact) mass is 258 g/mol. The normalized spacial score (nSPS) is 15.1. The van der Waals surface area contributed by atoms with Gasteiger partial charge in [-0.05, 0) is 42.5 Å². The molecule has 0 aliphatic heterocycles. The molecule has 0 atom stereocenters. The second-order valence-corrected chi connectivity index (χ2v) is 5.62. The zero-order valence-corrected chi connectivity index (χ0v) is 11.7. The van der Waals surface area contributed by atoms with E-state index in [-0.39, 0.29) is 5.91 Å². The zero-order chi connectivity index (χ0) is 13.8. The Balaban J connectivity index is 1.99. The van der Waals surface area contributed by atoms with E-state index in [2.05, 4.69) is 13.8 Å². The Hall–Kier alpha value is -1.77. The lowest BCUT2D eigenvalue weighted by Gasteiger charge is -2.22. The number of nitrogen functional groups attached to an aromatic ring is 1. The standard InChI is InChI=1S/C16H22N2O/c1-12(2)11-18(15-8-9-15)16(19)10-5-13-3-6-14(17)7-4-13/h3-7,10,12,15H,8-9,11,17H2,1-2H3/b10-5+. The van der Waals surface area contributed by atoms with E-state index in [4.69, 9.17) is 5.73 Å². The highest BCUT2D eigenvalue weighted by Gasteiger charge is 2.31. The lowest BCUT2D eigenvalue weighted by Crippen LogP contribution is -2.34. The summed E-state index contributed by atoms with van der Waals surface area (Å²) in [5.41, 5.74) is 7.38. The molecule has 0 heterocycles. The number of carbonyl (C=O) groups is 1. The van der Waals surface area contributed by atoms with Gasteiger partial charge in [0.15, 0.2) is 0 Å². The average molecular weight is 258 g/mol. The second-order valence-electron chi connectivity index (χ2n) is 5.62. The quantitative estimate of drug-likeness (QED) is 0.652. The molecule has 1 aliphatic carbocycles. The molecule has 1 aromatic rings. The van der Waals surface area contributed by atoms with Crippen LogP contribution in [0.25, 0.3) is 6.08 Å². The number of nitrogens with two attached hydrogens (primary N) is 1. The topological polar surface area (TPSA) is 46.3 Å². The van der Waals surface area contributed by atoms with Gasteiger partial charge in [-0.1, -0.05) is 26.0 Å². The highest BCUT2D eigenvalue weighted by molar-refractivity contribution is 5.92. The molecule has 1 amide bonds. The third kappa shape index (κ3) is 4.12. The molecule has 3 nitrogen and oxygen atoms in total. The summed E-state index contributed by atoms with van der Waals surface area (Å²) in [7, 11) is 0. The summed E-state index contributed by atoms with van der Waals surface area (Å²) in [5.74, 6) is 0.627. The van der Waals surface area contributed by atoms with Crippen molar-refractivity contribution in [3.05, 3.63) is 35.9 Å². The van der Waals surface area contributed by atoms with Crippen LogP contribution >= 0.6 is 0 Å². The number of hydrogen-bond donors (Lipinski definition) is 1. The van der Waals surface area contributed by atoms with Gasteiger partial charge in [0.1, 0.15) is 0 Å². The van der Waals surface area contributed by atoms with Gasteiger partial charge in [-0.3, -0.25) is 4.79 Å². The van der Waals surface area contributed by atoms with E-state index in [9.17, 15) is 4.79 Å². The number of anilines is 1. The minimum atomic E-state index is 0.119. The molecular formula is C16H22N2O. The summed E-state index contributed by atoms with van der Waals surface area (Å²) < 4.78 is 0. The van der Waals surface area contributed by atoms with Gasteiger partial charge >= 0.3 is 0 Å². The number of amides is 1. The Morgan fingerprint density at radius 3 is 2.53 bits per heavy atom. The maximum absolute atomic E-state index is 12.2. The predicted molar refractivity (Wildman–Crippen MR) is 79.5 cm³/mol. The first-order chi connectivity index (χ1) is 9.06. The average Bonchev–Trinajstić information content (AvgIpc) is 3.19. The van der Waals surface area contributed by atoms with Gasteiger partial charge in [-0.15, -0.1) is 0 Å². The van der Waals surface area contributed by atoms with Gasteiger partial charge in [0.25, 0.3) is 0 Å². The van der Waals surface area contributed by atoms with Crippen LogP contribution in [0.15, 0.2) is 30.3 Å². The number of benzene rings is 1. The Morgan fingerprint density at radius 2 is 2.00 bits per heavy atom. The molecule has 19 heavy (non-hydrogen) atoms. The Labute approximate surface area is 115 Å². The molecule has 0 aromatic heterocycles. The molecule has 3 heteroatoms. The van der Waals surface area contributed by atoms with E-state index in [0.29, 0.717) is 12.0 Å². The first kappa shape index (κ1) is 13.7. The third-order valence-electron chi connectivity index (χ3n) is 3.19. The van der Waals surface area contributed by atoms with Crippen LogP contribution in [0.2, 0.25) is 0 Å². The van der Waals surface area contributed by atoms with Gasteiger partial charge in [-0.2, -0.15) is 0 Å². The van der Waals surface area contributed by atoms with Crippen molar-refractivity contribution in [2.24, 2.45) is 5.92 Å². The van der Waals surface area contributed by atoms with E-state index < -0.39 is 0 Å². The van der Waals surface area contributed by atoms with Crippen molar-refractivity contribution in [2.75, 3.05) is 12.3 Å². The highest BCUT2D eigenvalue weighted by Crippen LogP contribution is 2.27. The maximum atomic E-state index is 12.2. The van der Waals surface area contributed by atoms with Crippen LogP contribution in [-0.4, -0.2) is 23.4 Å². The molecule has 0 radical (unpaired) electrons. The summed E-state index contributed by atoms with van der Waals surface area (Å²) in [4.78, 5) is 14.2. The fourth-order valence-electron chi connectivity index (χ4n) is 2.07. The predicted octanol–water partition coefficient (Wildman–Crippen LogP) is 2.93. The van der Waals surface area contributed by atoms with Gasteiger partial charge in [0.05, 0.1) is 0 Å². The van der Waals surface area contributed by atoms with Crippen LogP contribution in [0.3, 0.4) is 0 Å². The van der Waals surface area contributed by atoms with Gasteiger partial charge < -0.3 is 10.6 Å². The number of hydrogen-bond acceptors (Lipinski definition) is 2. The zero-order valence-electron chi connectivity index (χ0n) is 11.7. The van der Waals surface area contributed by atoms with Crippen LogP contribution < -0.4 is 5.73 Å². The summed E-state index contributed by atoms with van der Waals surface area (Å²) in [6, 6.07) is 7.99. The van der Waals surface area contributed by atoms with Crippen LogP contribution in [-0.2, 0) is 4.79 Å². The number of carbonyl (C=O) groups excluding carboxylic acids is 1. The van der Waals surface area contributed by atoms with E-state index in [0.717, 1.165) is 30.6 Å². The lowest BCUT2D eigenvalue weighted by atomic mass is 10.1. The highest BCUT2D eigenvalue weighted by atomic mass is 16.2. The summed E-state index contributed by atoms with van der Waals surface area (Å²) >= 11 is 0. The minimum Gasteiger partial charge on any atom is -0.399 e. The molecule has 1 saturated carbocycles. The molecule has 0 bridgehead atoms. The van der Waals surface area contributed by atoms with Crippen molar-refractivity contribution in [3.8, 4) is 0 Å². The van der Waals surface area contributed by atoms with Crippen molar-refractivity contribution in [1.82, 2.24) is 4.90 Å². The number of rotatable bonds is 5. The van der Waals surface area contributed by atoms with Crippen molar-refractivity contribution in [2.45, 2.75) is 32.7 Å². The lowest BCUT2D eigenvalue weighted by molar-refractivity contribution is -0.127. The fourth-order valence-corrected chi connectivity index (χ4v) is 2.07. The Bertz CT molecular complexity index is 458. The first-order valence-corrected chi connectivity index (χ1v) is 6.90. The molecule has 0 unspecified atom stereocenters. The van der Waals surface area contributed by atoms with Gasteiger partial charge in [-0.25, -0.2) is 0 Å². The molecule has 1 aliphatic rings. The second kappa shape index (κ2) is 5.91. The van der Waals surface area contributed by atoms with E-state index in [1.54, 1.807) is 6.08 Å². The van der Waals surface area contributed by atoms with Crippen molar-refractivity contribution in [3.63, 3.8) is 0 Å². The van der Waals surface area contributed by atoms with Gasteiger partial charge in [0.2, 0.25) is 5.91 Å². The summed E-state index contributed by atoms with van der Waals surface area (Å²) in [6.07, 6.45) is 5.83. The van der Waals surface area contributed by atoms with Crippen LogP contribution in [0, 0.1) is 5.92 Å². The minimum absolute atomic E-state index is 0.119. The molecule has 2 rings (SSSR count).